The minimum Gasteiger partial charge on any atom is -0.486 e. The Morgan fingerprint density at radius 2 is 1.95 bits per heavy atom. The Hall–Kier alpha value is -2.20. The maximum absolute atomic E-state index is 11.1. The molecule has 21 heavy (non-hydrogen) atoms. The van der Waals surface area contributed by atoms with Crippen LogP contribution >= 0.6 is 11.6 Å². The number of nitrogens with two attached hydrogens (primary N) is 2. The van der Waals surface area contributed by atoms with Crippen molar-refractivity contribution in [3.05, 3.63) is 57.6 Å². The number of hydrogen-bond acceptors (Lipinski definition) is 3. The number of nitrogen functional groups attached to an aromatic ring is 1. The van der Waals surface area contributed by atoms with Crippen molar-refractivity contribution in [1.82, 2.24) is 0 Å². The Balaban J connectivity index is 2.19. The predicted molar refractivity (Wildman–Crippen MR) is 84.6 cm³/mol. The maximum atomic E-state index is 11.1. The summed E-state index contributed by atoms with van der Waals surface area (Å²) in [6.45, 7) is 4.19. The van der Waals surface area contributed by atoms with Crippen LogP contribution in [0, 0.1) is 13.8 Å². The lowest BCUT2D eigenvalue weighted by Gasteiger charge is -2.13. The van der Waals surface area contributed by atoms with Crippen LogP contribution in [0.15, 0.2) is 30.3 Å². The molecule has 0 unspecified atom stereocenters. The van der Waals surface area contributed by atoms with Gasteiger partial charge < -0.3 is 16.2 Å². The first-order valence-electron chi connectivity index (χ1n) is 6.46. The summed E-state index contributed by atoms with van der Waals surface area (Å²) in [4.78, 5) is 11.1. The van der Waals surface area contributed by atoms with Gasteiger partial charge in [-0.25, -0.2) is 0 Å². The molecule has 0 aromatic heterocycles. The molecule has 4 nitrogen and oxygen atoms in total. The molecule has 0 saturated carbocycles. The van der Waals surface area contributed by atoms with E-state index in [1.165, 1.54) is 6.07 Å². The number of carbonyl (C=O) groups excluding carboxylic acids is 1. The van der Waals surface area contributed by atoms with E-state index in [1.54, 1.807) is 12.1 Å². The Morgan fingerprint density at radius 3 is 2.52 bits per heavy atom. The van der Waals surface area contributed by atoms with Gasteiger partial charge in [0.2, 0.25) is 5.91 Å². The van der Waals surface area contributed by atoms with Crippen molar-refractivity contribution >= 4 is 23.2 Å². The summed E-state index contributed by atoms with van der Waals surface area (Å²) in [6, 6.07) is 8.75. The van der Waals surface area contributed by atoms with E-state index in [-0.39, 0.29) is 6.61 Å². The van der Waals surface area contributed by atoms with Gasteiger partial charge in [0.25, 0.3) is 0 Å². The summed E-state index contributed by atoms with van der Waals surface area (Å²) in [7, 11) is 0. The van der Waals surface area contributed by atoms with Gasteiger partial charge in [-0.3, -0.25) is 4.79 Å². The van der Waals surface area contributed by atoms with Crippen molar-refractivity contribution in [2.75, 3.05) is 5.73 Å². The van der Waals surface area contributed by atoms with E-state index in [9.17, 15) is 4.79 Å². The van der Waals surface area contributed by atoms with Crippen molar-refractivity contribution in [1.29, 1.82) is 0 Å². The third kappa shape index (κ3) is 3.47. The van der Waals surface area contributed by atoms with Crippen LogP contribution in [-0.4, -0.2) is 5.91 Å². The van der Waals surface area contributed by atoms with Gasteiger partial charge in [-0.15, -0.1) is 0 Å². The van der Waals surface area contributed by atoms with Gasteiger partial charge in [0.15, 0.2) is 0 Å². The second kappa shape index (κ2) is 6.06. The van der Waals surface area contributed by atoms with Crippen LogP contribution in [-0.2, 0) is 6.61 Å². The molecule has 0 heterocycles. The van der Waals surface area contributed by atoms with Crippen molar-refractivity contribution < 1.29 is 9.53 Å². The number of halogens is 1. The standard InChI is InChI=1S/C16H17ClN2O2/c1-9-5-10(2)15(14(18)6-9)21-8-12-4-3-11(16(19)20)7-13(12)17/h3-7H,8,18H2,1-2H3,(H2,19,20). The molecule has 0 radical (unpaired) electrons. The number of primary amides is 1. The van der Waals surface area contributed by atoms with E-state index in [1.807, 2.05) is 26.0 Å². The zero-order chi connectivity index (χ0) is 15.6. The second-order valence-electron chi connectivity index (χ2n) is 4.96. The molecular weight excluding hydrogens is 288 g/mol. The monoisotopic (exact) mass is 304 g/mol. The number of rotatable bonds is 4. The fraction of sp³-hybridized carbons (Fsp3) is 0.188. The van der Waals surface area contributed by atoms with Crippen LogP contribution in [0.25, 0.3) is 0 Å². The van der Waals surface area contributed by atoms with E-state index < -0.39 is 5.91 Å². The van der Waals surface area contributed by atoms with Crippen molar-refractivity contribution in [2.45, 2.75) is 20.5 Å². The number of anilines is 1. The van der Waals surface area contributed by atoms with Crippen molar-refractivity contribution in [3.63, 3.8) is 0 Å². The molecule has 0 aliphatic rings. The average Bonchev–Trinajstić information content (AvgIpc) is 2.38. The van der Waals surface area contributed by atoms with E-state index in [4.69, 9.17) is 27.8 Å². The first kappa shape index (κ1) is 15.2. The summed E-state index contributed by atoms with van der Waals surface area (Å²) < 4.78 is 5.76. The molecule has 110 valence electrons. The quantitative estimate of drug-likeness (QED) is 0.851. The molecule has 2 rings (SSSR count). The first-order chi connectivity index (χ1) is 9.88. The first-order valence-corrected chi connectivity index (χ1v) is 6.84. The molecule has 2 aromatic carbocycles. The molecule has 4 N–H and O–H groups in total. The lowest BCUT2D eigenvalue weighted by atomic mass is 10.1. The summed E-state index contributed by atoms with van der Waals surface area (Å²) in [5.74, 6) is 0.138. The van der Waals surface area contributed by atoms with Gasteiger partial charge in [-0.2, -0.15) is 0 Å². The number of hydrogen-bond donors (Lipinski definition) is 2. The zero-order valence-corrected chi connectivity index (χ0v) is 12.7. The highest BCUT2D eigenvalue weighted by Gasteiger charge is 2.09. The second-order valence-corrected chi connectivity index (χ2v) is 5.37. The summed E-state index contributed by atoms with van der Waals surface area (Å²) in [5, 5.41) is 0.439. The molecule has 2 aromatic rings. The Labute approximate surface area is 128 Å². The summed E-state index contributed by atoms with van der Waals surface area (Å²) in [5.41, 5.74) is 15.0. The van der Waals surface area contributed by atoms with Crippen LogP contribution in [0.4, 0.5) is 5.69 Å². The van der Waals surface area contributed by atoms with Gasteiger partial charge in [0.1, 0.15) is 12.4 Å². The highest BCUT2D eigenvalue weighted by atomic mass is 35.5. The SMILES string of the molecule is Cc1cc(C)c(OCc2ccc(C(N)=O)cc2Cl)c(N)c1. The van der Waals surface area contributed by atoms with Crippen LogP contribution in [0.5, 0.6) is 5.75 Å². The molecule has 0 bridgehead atoms. The highest BCUT2D eigenvalue weighted by Crippen LogP contribution is 2.29. The molecule has 0 aliphatic carbocycles. The highest BCUT2D eigenvalue weighted by molar-refractivity contribution is 6.31. The lowest BCUT2D eigenvalue weighted by molar-refractivity contribution is 0.1000. The molecule has 0 aliphatic heterocycles. The number of carbonyl (C=O) groups is 1. The molecule has 5 heteroatoms. The van der Waals surface area contributed by atoms with E-state index in [2.05, 4.69) is 0 Å². The smallest absolute Gasteiger partial charge is 0.248 e. The van der Waals surface area contributed by atoms with E-state index in [0.717, 1.165) is 16.7 Å². The van der Waals surface area contributed by atoms with Gasteiger partial charge >= 0.3 is 0 Å². The molecular formula is C16H17ClN2O2. The van der Waals surface area contributed by atoms with Crippen LogP contribution < -0.4 is 16.2 Å². The van der Waals surface area contributed by atoms with Crippen molar-refractivity contribution in [3.8, 4) is 5.75 Å². The number of aryl methyl sites for hydroxylation is 2. The molecule has 1 amide bonds. The van der Waals surface area contributed by atoms with Crippen LogP contribution in [0.1, 0.15) is 27.0 Å². The number of benzene rings is 2. The Morgan fingerprint density at radius 1 is 1.24 bits per heavy atom. The fourth-order valence-corrected chi connectivity index (χ4v) is 2.39. The fourth-order valence-electron chi connectivity index (χ4n) is 2.15. The lowest BCUT2D eigenvalue weighted by Crippen LogP contribution is -2.11. The molecule has 0 atom stereocenters. The molecule has 0 spiro atoms. The molecule has 0 fully saturated rings. The third-order valence-corrected chi connectivity index (χ3v) is 3.51. The third-order valence-electron chi connectivity index (χ3n) is 3.16. The van der Waals surface area contributed by atoms with E-state index >= 15 is 0 Å². The topological polar surface area (TPSA) is 78.3 Å². The summed E-state index contributed by atoms with van der Waals surface area (Å²) >= 11 is 6.13. The zero-order valence-electron chi connectivity index (χ0n) is 11.9. The normalized spacial score (nSPS) is 10.4. The molecule has 0 saturated heterocycles. The van der Waals surface area contributed by atoms with Crippen molar-refractivity contribution in [2.24, 2.45) is 5.73 Å². The van der Waals surface area contributed by atoms with Gasteiger partial charge in [-0.05, 0) is 43.2 Å². The van der Waals surface area contributed by atoms with E-state index in [0.29, 0.717) is 22.0 Å². The van der Waals surface area contributed by atoms with Gasteiger partial charge in [-0.1, -0.05) is 23.7 Å². The average molecular weight is 305 g/mol. The number of amides is 1. The maximum Gasteiger partial charge on any atom is 0.248 e. The predicted octanol–water partition coefficient (Wildman–Crippen LogP) is 3.22. The largest absolute Gasteiger partial charge is 0.486 e. The number of ether oxygens (including phenoxy) is 1. The minimum absolute atomic E-state index is 0.270. The van der Waals surface area contributed by atoms with Crippen LogP contribution in [0.3, 0.4) is 0 Å². The summed E-state index contributed by atoms with van der Waals surface area (Å²) in [6.07, 6.45) is 0. The Bertz CT molecular complexity index is 676. The minimum atomic E-state index is -0.511. The Kier molecular flexibility index (Phi) is 4.38. The van der Waals surface area contributed by atoms with Gasteiger partial charge in [0, 0.05) is 16.1 Å². The van der Waals surface area contributed by atoms with Gasteiger partial charge in [0.05, 0.1) is 5.69 Å². The van der Waals surface area contributed by atoms with Crippen LogP contribution in [0.2, 0.25) is 5.02 Å².